The summed E-state index contributed by atoms with van der Waals surface area (Å²) in [4.78, 5) is 24.1. The van der Waals surface area contributed by atoms with Crippen LogP contribution in [0.4, 0.5) is 5.69 Å². The molecule has 0 saturated heterocycles. The Hall–Kier alpha value is -3.38. The number of rotatable bonds is 4. The van der Waals surface area contributed by atoms with Crippen LogP contribution in [0.15, 0.2) is 53.6 Å². The van der Waals surface area contributed by atoms with Crippen molar-refractivity contribution in [2.75, 3.05) is 5.32 Å². The number of anilines is 1. The fourth-order valence-electron chi connectivity index (χ4n) is 3.15. The molecule has 0 saturated carbocycles. The number of hydrogen-bond donors (Lipinski definition) is 2. The molecule has 30 heavy (non-hydrogen) atoms. The molecule has 0 aliphatic carbocycles. The molecule has 1 heterocycles. The van der Waals surface area contributed by atoms with E-state index < -0.39 is 11.8 Å². The second-order valence-corrected chi connectivity index (χ2v) is 7.53. The smallest absolute Gasteiger partial charge is 0.318 e. The lowest BCUT2D eigenvalue weighted by molar-refractivity contribution is -0.136. The summed E-state index contributed by atoms with van der Waals surface area (Å²) in [5.74, 6) is -1.62. The third-order valence-corrected chi connectivity index (χ3v) is 5.11. The SMILES string of the molecule is Cc1ccc(NC(=O)C(=O)N/N=C\c2cc(C)n(-c3cccc(Cl)c3)c2C)cc1C. The van der Waals surface area contributed by atoms with Crippen molar-refractivity contribution in [2.24, 2.45) is 5.10 Å². The molecular weight excluding hydrogens is 400 g/mol. The molecule has 0 unspecified atom stereocenters. The number of carbonyl (C=O) groups is 2. The topological polar surface area (TPSA) is 75.5 Å². The van der Waals surface area contributed by atoms with Crippen LogP contribution in [0, 0.1) is 27.7 Å². The Morgan fingerprint density at radius 3 is 2.43 bits per heavy atom. The average molecular weight is 423 g/mol. The summed E-state index contributed by atoms with van der Waals surface area (Å²) in [6.07, 6.45) is 1.52. The molecular formula is C23H23ClN4O2. The monoisotopic (exact) mass is 422 g/mol. The normalized spacial score (nSPS) is 11.0. The van der Waals surface area contributed by atoms with Crippen molar-refractivity contribution in [3.63, 3.8) is 0 Å². The zero-order valence-corrected chi connectivity index (χ0v) is 18.0. The van der Waals surface area contributed by atoms with Gasteiger partial charge in [0.05, 0.1) is 6.21 Å². The minimum absolute atomic E-state index is 0.562. The average Bonchev–Trinajstić information content (AvgIpc) is 2.98. The third-order valence-electron chi connectivity index (χ3n) is 4.88. The van der Waals surface area contributed by atoms with Gasteiger partial charge in [0, 0.05) is 33.3 Å². The van der Waals surface area contributed by atoms with E-state index in [0.717, 1.165) is 33.8 Å². The largest absolute Gasteiger partial charge is 0.329 e. The van der Waals surface area contributed by atoms with Gasteiger partial charge in [-0.25, -0.2) is 5.43 Å². The van der Waals surface area contributed by atoms with Gasteiger partial charge < -0.3 is 9.88 Å². The van der Waals surface area contributed by atoms with Crippen LogP contribution in [0.3, 0.4) is 0 Å². The number of aryl methyl sites for hydroxylation is 3. The van der Waals surface area contributed by atoms with E-state index in [1.54, 1.807) is 6.07 Å². The number of carbonyl (C=O) groups excluding carboxylic acids is 2. The van der Waals surface area contributed by atoms with E-state index in [2.05, 4.69) is 15.8 Å². The van der Waals surface area contributed by atoms with Crippen LogP contribution >= 0.6 is 11.6 Å². The summed E-state index contributed by atoms with van der Waals surface area (Å²) in [5.41, 5.74) is 8.66. The molecule has 0 spiro atoms. The molecule has 0 radical (unpaired) electrons. The van der Waals surface area contributed by atoms with Gasteiger partial charge in [0.2, 0.25) is 0 Å². The molecule has 6 nitrogen and oxygen atoms in total. The first kappa shape index (κ1) is 21.3. The lowest BCUT2D eigenvalue weighted by atomic mass is 10.1. The Morgan fingerprint density at radius 2 is 1.73 bits per heavy atom. The van der Waals surface area contributed by atoms with Crippen LogP contribution in [0.5, 0.6) is 0 Å². The van der Waals surface area contributed by atoms with Crippen molar-refractivity contribution in [1.82, 2.24) is 9.99 Å². The van der Waals surface area contributed by atoms with Gasteiger partial charge in [-0.05, 0) is 75.2 Å². The number of nitrogens with zero attached hydrogens (tertiary/aromatic N) is 2. The Kier molecular flexibility index (Phi) is 6.37. The van der Waals surface area contributed by atoms with Gasteiger partial charge in [0.1, 0.15) is 0 Å². The lowest BCUT2D eigenvalue weighted by Crippen LogP contribution is -2.32. The zero-order valence-electron chi connectivity index (χ0n) is 17.3. The summed E-state index contributed by atoms with van der Waals surface area (Å²) in [5, 5.41) is 7.16. The van der Waals surface area contributed by atoms with E-state index >= 15 is 0 Å². The van der Waals surface area contributed by atoms with E-state index in [4.69, 9.17) is 11.6 Å². The van der Waals surface area contributed by atoms with Gasteiger partial charge >= 0.3 is 11.8 Å². The number of nitrogens with one attached hydrogen (secondary N) is 2. The minimum Gasteiger partial charge on any atom is -0.318 e. The summed E-state index contributed by atoms with van der Waals surface area (Å²) in [6, 6.07) is 14.9. The minimum atomic E-state index is -0.840. The van der Waals surface area contributed by atoms with E-state index in [9.17, 15) is 9.59 Å². The molecule has 3 aromatic rings. The van der Waals surface area contributed by atoms with Gasteiger partial charge in [-0.15, -0.1) is 0 Å². The molecule has 7 heteroatoms. The van der Waals surface area contributed by atoms with Gasteiger partial charge in [-0.3, -0.25) is 9.59 Å². The molecule has 2 amide bonds. The van der Waals surface area contributed by atoms with Gasteiger partial charge in [-0.2, -0.15) is 5.10 Å². The summed E-state index contributed by atoms with van der Waals surface area (Å²) in [6.45, 7) is 7.84. The highest BCUT2D eigenvalue weighted by Crippen LogP contribution is 2.22. The number of hydrogen-bond acceptors (Lipinski definition) is 3. The number of aromatic nitrogens is 1. The standard InChI is InChI=1S/C23H23ClN4O2/c1-14-8-9-20(10-15(14)2)26-22(29)23(30)27-25-13-18-11-16(3)28(17(18)4)21-7-5-6-19(24)12-21/h5-13H,1-4H3,(H,26,29)(H,27,30)/b25-13-. The third kappa shape index (κ3) is 4.78. The zero-order chi connectivity index (χ0) is 21.8. The molecule has 2 aromatic carbocycles. The Balaban J connectivity index is 1.67. The van der Waals surface area contributed by atoms with Gasteiger partial charge in [0.15, 0.2) is 0 Å². The molecule has 0 aliphatic rings. The number of hydrazone groups is 1. The predicted molar refractivity (Wildman–Crippen MR) is 121 cm³/mol. The molecule has 0 aliphatic heterocycles. The second-order valence-electron chi connectivity index (χ2n) is 7.09. The van der Waals surface area contributed by atoms with E-state index in [1.165, 1.54) is 6.21 Å². The maximum Gasteiger partial charge on any atom is 0.329 e. The van der Waals surface area contributed by atoms with E-state index in [-0.39, 0.29) is 0 Å². The Bertz CT molecular complexity index is 1150. The van der Waals surface area contributed by atoms with E-state index in [0.29, 0.717) is 10.7 Å². The molecule has 0 fully saturated rings. The van der Waals surface area contributed by atoms with Crippen LogP contribution in [0.25, 0.3) is 5.69 Å². The second kappa shape index (κ2) is 8.97. The van der Waals surface area contributed by atoms with Crippen molar-refractivity contribution in [1.29, 1.82) is 0 Å². The number of halogens is 1. The number of benzene rings is 2. The first-order valence-electron chi connectivity index (χ1n) is 9.43. The lowest BCUT2D eigenvalue weighted by Gasteiger charge is -2.09. The van der Waals surface area contributed by atoms with Crippen LogP contribution in [-0.2, 0) is 9.59 Å². The predicted octanol–water partition coefficient (Wildman–Crippen LogP) is 4.45. The maximum absolute atomic E-state index is 12.1. The van der Waals surface area contributed by atoms with Crippen LogP contribution in [-0.4, -0.2) is 22.6 Å². The number of amides is 2. The molecule has 2 N–H and O–H groups in total. The molecule has 3 rings (SSSR count). The highest BCUT2D eigenvalue weighted by atomic mass is 35.5. The van der Waals surface area contributed by atoms with Crippen LogP contribution in [0.1, 0.15) is 28.1 Å². The molecule has 154 valence electrons. The highest BCUT2D eigenvalue weighted by molar-refractivity contribution is 6.39. The van der Waals surface area contributed by atoms with Crippen molar-refractivity contribution < 1.29 is 9.59 Å². The van der Waals surface area contributed by atoms with Crippen molar-refractivity contribution >= 4 is 35.3 Å². The van der Waals surface area contributed by atoms with Gasteiger partial charge in [0.25, 0.3) is 0 Å². The molecule has 0 atom stereocenters. The first-order valence-corrected chi connectivity index (χ1v) is 9.80. The van der Waals surface area contributed by atoms with Crippen molar-refractivity contribution in [2.45, 2.75) is 27.7 Å². The molecule has 0 bridgehead atoms. The summed E-state index contributed by atoms with van der Waals surface area (Å²) in [7, 11) is 0. The van der Waals surface area contributed by atoms with E-state index in [1.807, 2.05) is 74.7 Å². The highest BCUT2D eigenvalue weighted by Gasteiger charge is 2.14. The van der Waals surface area contributed by atoms with Crippen LogP contribution < -0.4 is 10.7 Å². The van der Waals surface area contributed by atoms with Gasteiger partial charge in [-0.1, -0.05) is 23.7 Å². The maximum atomic E-state index is 12.1. The summed E-state index contributed by atoms with van der Waals surface area (Å²) >= 11 is 6.10. The quantitative estimate of drug-likeness (QED) is 0.370. The molecule has 1 aromatic heterocycles. The van der Waals surface area contributed by atoms with Crippen molar-refractivity contribution in [3.8, 4) is 5.69 Å². The Morgan fingerprint density at radius 1 is 0.967 bits per heavy atom. The Labute approximate surface area is 180 Å². The fraction of sp³-hybridized carbons (Fsp3) is 0.174. The van der Waals surface area contributed by atoms with Crippen molar-refractivity contribution in [3.05, 3.63) is 81.6 Å². The summed E-state index contributed by atoms with van der Waals surface area (Å²) < 4.78 is 2.04. The first-order chi connectivity index (χ1) is 14.3. The van der Waals surface area contributed by atoms with Crippen LogP contribution in [0.2, 0.25) is 5.02 Å². The fourth-order valence-corrected chi connectivity index (χ4v) is 3.33.